The van der Waals surface area contributed by atoms with Gasteiger partial charge in [-0.05, 0) is 37.3 Å². The molecule has 0 aromatic heterocycles. The highest BCUT2D eigenvalue weighted by Gasteiger charge is 2.20. The summed E-state index contributed by atoms with van der Waals surface area (Å²) in [5.41, 5.74) is -0.310. The summed E-state index contributed by atoms with van der Waals surface area (Å²) in [6, 6.07) is 8.28. The summed E-state index contributed by atoms with van der Waals surface area (Å²) in [4.78, 5) is 22.2. The summed E-state index contributed by atoms with van der Waals surface area (Å²) in [5, 5.41) is 11.8. The highest BCUT2D eigenvalue weighted by atomic mass is 35.5. The minimum Gasteiger partial charge on any atom is -0.462 e. The molecule has 0 radical (unpaired) electrons. The predicted molar refractivity (Wildman–Crippen MR) is 85.6 cm³/mol. The maximum Gasteiger partial charge on any atom is 0.338 e. The molecule has 0 fully saturated rings. The molecule has 0 saturated carbocycles. The summed E-state index contributed by atoms with van der Waals surface area (Å²) in [7, 11) is 0. The highest BCUT2D eigenvalue weighted by Crippen LogP contribution is 2.36. The highest BCUT2D eigenvalue weighted by molar-refractivity contribution is 6.35. The number of ether oxygens (including phenoxy) is 2. The molecule has 0 spiro atoms. The number of halogens is 2. The number of rotatable bonds is 5. The number of carbonyl (C=O) groups excluding carboxylic acids is 1. The van der Waals surface area contributed by atoms with Gasteiger partial charge in [-0.3, -0.25) is 10.1 Å². The maximum atomic E-state index is 11.7. The molecule has 120 valence electrons. The number of benzene rings is 2. The van der Waals surface area contributed by atoms with Crippen LogP contribution < -0.4 is 4.74 Å². The Hall–Kier alpha value is -2.31. The van der Waals surface area contributed by atoms with E-state index in [1.54, 1.807) is 13.0 Å². The minimum absolute atomic E-state index is 0.0488. The van der Waals surface area contributed by atoms with Crippen LogP contribution >= 0.6 is 23.2 Å². The number of hydrogen-bond donors (Lipinski definition) is 0. The van der Waals surface area contributed by atoms with Crippen LogP contribution in [0, 0.1) is 10.1 Å². The average Bonchev–Trinajstić information content (AvgIpc) is 2.50. The molecular formula is C15H11Cl2NO5. The van der Waals surface area contributed by atoms with E-state index in [0.29, 0.717) is 5.02 Å². The van der Waals surface area contributed by atoms with Crippen molar-refractivity contribution in [3.8, 4) is 11.5 Å². The fourth-order valence-corrected chi connectivity index (χ4v) is 2.21. The molecule has 2 aromatic rings. The zero-order valence-electron chi connectivity index (χ0n) is 11.9. The van der Waals surface area contributed by atoms with Gasteiger partial charge >= 0.3 is 11.7 Å². The lowest BCUT2D eigenvalue weighted by Crippen LogP contribution is -2.05. The van der Waals surface area contributed by atoms with Gasteiger partial charge in [0.05, 0.1) is 22.1 Å². The molecule has 0 aliphatic carbocycles. The number of carbonyl (C=O) groups is 1. The number of nitrogens with zero attached hydrogens (tertiary/aromatic N) is 1. The van der Waals surface area contributed by atoms with Gasteiger partial charge in [0.25, 0.3) is 0 Å². The molecule has 0 saturated heterocycles. The molecule has 0 atom stereocenters. The van der Waals surface area contributed by atoms with Gasteiger partial charge in [-0.1, -0.05) is 23.2 Å². The second kappa shape index (κ2) is 7.30. The van der Waals surface area contributed by atoms with E-state index in [9.17, 15) is 14.9 Å². The van der Waals surface area contributed by atoms with Crippen LogP contribution in [-0.2, 0) is 4.74 Å². The third kappa shape index (κ3) is 4.12. The number of esters is 1. The second-order valence-electron chi connectivity index (χ2n) is 4.34. The number of hydrogen-bond acceptors (Lipinski definition) is 5. The molecule has 23 heavy (non-hydrogen) atoms. The Labute approximate surface area is 141 Å². The molecule has 2 aromatic carbocycles. The molecule has 0 unspecified atom stereocenters. The van der Waals surface area contributed by atoms with E-state index in [0.717, 1.165) is 6.07 Å². The molecule has 0 aliphatic rings. The van der Waals surface area contributed by atoms with Crippen molar-refractivity contribution in [2.45, 2.75) is 6.92 Å². The quantitative estimate of drug-likeness (QED) is 0.434. The van der Waals surface area contributed by atoms with Crippen LogP contribution in [0.25, 0.3) is 0 Å². The van der Waals surface area contributed by atoms with Crippen molar-refractivity contribution in [1.29, 1.82) is 0 Å². The lowest BCUT2D eigenvalue weighted by Gasteiger charge is -2.09. The minimum atomic E-state index is -0.651. The van der Waals surface area contributed by atoms with Crippen molar-refractivity contribution in [2.24, 2.45) is 0 Å². The normalized spacial score (nSPS) is 10.2. The smallest absolute Gasteiger partial charge is 0.338 e. The molecule has 0 amide bonds. The summed E-state index contributed by atoms with van der Waals surface area (Å²) in [5.74, 6) is -0.484. The largest absolute Gasteiger partial charge is 0.462 e. The molecule has 0 aliphatic heterocycles. The molecular weight excluding hydrogens is 345 g/mol. The molecule has 0 heterocycles. The van der Waals surface area contributed by atoms with Gasteiger partial charge in [-0.2, -0.15) is 0 Å². The third-order valence-corrected chi connectivity index (χ3v) is 3.31. The van der Waals surface area contributed by atoms with E-state index >= 15 is 0 Å². The van der Waals surface area contributed by atoms with Gasteiger partial charge in [-0.25, -0.2) is 4.79 Å². The maximum absolute atomic E-state index is 11.7. The Balaban J connectivity index is 2.38. The van der Waals surface area contributed by atoms with Crippen LogP contribution in [0.4, 0.5) is 5.69 Å². The molecule has 0 N–H and O–H groups in total. The number of nitro benzene ring substituents is 1. The lowest BCUT2D eigenvalue weighted by atomic mass is 10.2. The Morgan fingerprint density at radius 2 is 1.87 bits per heavy atom. The Bertz CT molecular complexity index is 764. The Morgan fingerprint density at radius 1 is 1.17 bits per heavy atom. The first kappa shape index (κ1) is 17.1. The zero-order chi connectivity index (χ0) is 17.0. The summed E-state index contributed by atoms with van der Waals surface area (Å²) in [6.07, 6.45) is 0. The molecule has 6 nitrogen and oxygen atoms in total. The van der Waals surface area contributed by atoms with Crippen LogP contribution in [0.2, 0.25) is 10.0 Å². The van der Waals surface area contributed by atoms with Crippen molar-refractivity contribution in [2.75, 3.05) is 6.61 Å². The van der Waals surface area contributed by atoms with Crippen molar-refractivity contribution in [3.63, 3.8) is 0 Å². The van der Waals surface area contributed by atoms with Gasteiger partial charge < -0.3 is 9.47 Å². The summed E-state index contributed by atoms with van der Waals surface area (Å²) < 4.78 is 10.3. The van der Waals surface area contributed by atoms with E-state index in [-0.39, 0.29) is 34.4 Å². The lowest BCUT2D eigenvalue weighted by molar-refractivity contribution is -0.385. The standard InChI is InChI=1S/C15H11Cl2NO5/c1-2-22-15(19)9-3-5-14(12(7-9)18(20)21)23-13-6-4-10(16)8-11(13)17/h3-8H,2H2,1H3. The van der Waals surface area contributed by atoms with E-state index in [4.69, 9.17) is 32.7 Å². The summed E-state index contributed by atoms with van der Waals surface area (Å²) >= 11 is 11.8. The van der Waals surface area contributed by atoms with Crippen molar-refractivity contribution >= 4 is 34.9 Å². The Kier molecular flexibility index (Phi) is 5.41. The first-order valence-electron chi connectivity index (χ1n) is 6.51. The van der Waals surface area contributed by atoms with E-state index < -0.39 is 10.9 Å². The Morgan fingerprint density at radius 3 is 2.48 bits per heavy atom. The van der Waals surface area contributed by atoms with Crippen LogP contribution in [-0.4, -0.2) is 17.5 Å². The first-order valence-corrected chi connectivity index (χ1v) is 7.26. The van der Waals surface area contributed by atoms with Crippen LogP contribution in [0.5, 0.6) is 11.5 Å². The van der Waals surface area contributed by atoms with Gasteiger partial charge in [0, 0.05) is 11.1 Å². The topological polar surface area (TPSA) is 78.7 Å². The van der Waals surface area contributed by atoms with Crippen LogP contribution in [0.1, 0.15) is 17.3 Å². The SMILES string of the molecule is CCOC(=O)c1ccc(Oc2ccc(Cl)cc2Cl)c([N+](=O)[O-])c1. The third-order valence-electron chi connectivity index (χ3n) is 2.78. The molecule has 0 bridgehead atoms. The number of nitro groups is 1. The zero-order valence-corrected chi connectivity index (χ0v) is 13.4. The van der Waals surface area contributed by atoms with Crippen molar-refractivity contribution in [3.05, 3.63) is 62.1 Å². The first-order chi connectivity index (χ1) is 10.9. The van der Waals surface area contributed by atoms with Gasteiger partial charge in [0.1, 0.15) is 5.75 Å². The molecule has 8 heteroatoms. The van der Waals surface area contributed by atoms with Crippen LogP contribution in [0.15, 0.2) is 36.4 Å². The van der Waals surface area contributed by atoms with Gasteiger partial charge in [0.2, 0.25) is 5.75 Å². The van der Waals surface area contributed by atoms with Crippen molar-refractivity contribution in [1.82, 2.24) is 0 Å². The monoisotopic (exact) mass is 355 g/mol. The fraction of sp³-hybridized carbons (Fsp3) is 0.133. The predicted octanol–water partition coefficient (Wildman–Crippen LogP) is 4.87. The van der Waals surface area contributed by atoms with E-state index in [1.807, 2.05) is 0 Å². The molecule has 2 rings (SSSR count). The van der Waals surface area contributed by atoms with Gasteiger partial charge in [0.15, 0.2) is 0 Å². The van der Waals surface area contributed by atoms with Crippen molar-refractivity contribution < 1.29 is 19.2 Å². The fourth-order valence-electron chi connectivity index (χ4n) is 1.76. The van der Waals surface area contributed by atoms with Gasteiger partial charge in [-0.15, -0.1) is 0 Å². The van der Waals surface area contributed by atoms with E-state index in [2.05, 4.69) is 0 Å². The second-order valence-corrected chi connectivity index (χ2v) is 5.18. The average molecular weight is 356 g/mol. The summed E-state index contributed by atoms with van der Waals surface area (Å²) in [6.45, 7) is 1.82. The van der Waals surface area contributed by atoms with Crippen LogP contribution in [0.3, 0.4) is 0 Å². The van der Waals surface area contributed by atoms with E-state index in [1.165, 1.54) is 24.3 Å².